The molecule has 0 amide bonds. The Morgan fingerprint density at radius 3 is 2.39 bits per heavy atom. The lowest BCUT2D eigenvalue weighted by molar-refractivity contribution is -0.130. The number of carboxylic acid groups (broad SMARTS) is 1. The number of rotatable bonds is 8. The molecule has 1 heterocycles. The lowest BCUT2D eigenvalue weighted by atomic mass is 10.1. The summed E-state index contributed by atoms with van der Waals surface area (Å²) in [5, 5.41) is 11.4. The number of aliphatic carboxylic acids is 1. The molecule has 0 radical (unpaired) electrons. The van der Waals surface area contributed by atoms with Crippen LogP contribution < -0.4 is 9.47 Å². The van der Waals surface area contributed by atoms with Crippen LogP contribution in [0.15, 0.2) is 60.0 Å². The summed E-state index contributed by atoms with van der Waals surface area (Å²) in [5.74, 6) is 0.484. The lowest BCUT2D eigenvalue weighted by Crippen LogP contribution is -2.10. The maximum absolute atomic E-state index is 11.7. The zero-order chi connectivity index (χ0) is 19.9. The van der Waals surface area contributed by atoms with Gasteiger partial charge >= 0.3 is 5.97 Å². The molecule has 4 nitrogen and oxygen atoms in total. The largest absolute Gasteiger partial charge is 0.490 e. The van der Waals surface area contributed by atoms with Crippen LogP contribution in [0.5, 0.6) is 11.5 Å². The molecule has 3 aromatic rings. The van der Waals surface area contributed by atoms with Gasteiger partial charge in [-0.1, -0.05) is 30.3 Å². The molecule has 0 saturated carbocycles. The molecule has 0 saturated heterocycles. The molecule has 1 aromatic heterocycles. The summed E-state index contributed by atoms with van der Waals surface area (Å²) in [7, 11) is 0. The van der Waals surface area contributed by atoms with E-state index in [0.29, 0.717) is 23.8 Å². The Balaban J connectivity index is 1.68. The van der Waals surface area contributed by atoms with Gasteiger partial charge < -0.3 is 14.6 Å². The van der Waals surface area contributed by atoms with Crippen LogP contribution in [0.25, 0.3) is 11.6 Å². The lowest BCUT2D eigenvalue weighted by Gasteiger charge is -2.12. The summed E-state index contributed by atoms with van der Waals surface area (Å²) in [6.45, 7) is 4.83. The molecule has 0 fully saturated rings. The van der Waals surface area contributed by atoms with Crippen molar-refractivity contribution in [3.05, 3.63) is 81.5 Å². The van der Waals surface area contributed by atoms with Gasteiger partial charge in [-0.15, -0.1) is 11.3 Å². The number of carbonyl (C=O) groups is 1. The van der Waals surface area contributed by atoms with E-state index < -0.39 is 5.97 Å². The standard InChI is InChI=1S/C23H22O4S/c1-16-12-17(2)14-19(13-16)26-9-10-27-21-7-4-3-6-18(21)15-20(23(24)25)22-8-5-11-28-22/h3-8,11-15H,9-10H2,1-2H3,(H,24,25)/b20-15-. The summed E-state index contributed by atoms with van der Waals surface area (Å²) >= 11 is 1.40. The van der Waals surface area contributed by atoms with E-state index in [1.54, 1.807) is 12.1 Å². The number of para-hydroxylation sites is 1. The second-order valence-corrected chi connectivity index (χ2v) is 7.35. The second kappa shape index (κ2) is 9.24. The topological polar surface area (TPSA) is 55.8 Å². The number of carboxylic acids is 1. The van der Waals surface area contributed by atoms with E-state index in [9.17, 15) is 9.90 Å². The highest BCUT2D eigenvalue weighted by molar-refractivity contribution is 7.11. The van der Waals surface area contributed by atoms with Crippen LogP contribution in [0.1, 0.15) is 21.6 Å². The third-order valence-electron chi connectivity index (χ3n) is 4.04. The van der Waals surface area contributed by atoms with Crippen LogP contribution in [0.4, 0.5) is 0 Å². The van der Waals surface area contributed by atoms with Crippen molar-refractivity contribution in [1.29, 1.82) is 0 Å². The van der Waals surface area contributed by atoms with Crippen molar-refractivity contribution in [2.24, 2.45) is 0 Å². The molecule has 2 aromatic carbocycles. The maximum Gasteiger partial charge on any atom is 0.337 e. The molecule has 0 spiro atoms. The van der Waals surface area contributed by atoms with E-state index in [0.717, 1.165) is 22.4 Å². The Bertz CT molecular complexity index is 954. The molecule has 0 unspecified atom stereocenters. The Kier molecular flexibility index (Phi) is 6.50. The zero-order valence-corrected chi connectivity index (χ0v) is 16.7. The van der Waals surface area contributed by atoms with Gasteiger partial charge in [0.1, 0.15) is 24.7 Å². The quantitative estimate of drug-likeness (QED) is 0.408. The van der Waals surface area contributed by atoms with E-state index >= 15 is 0 Å². The number of ether oxygens (including phenoxy) is 2. The van der Waals surface area contributed by atoms with Crippen molar-refractivity contribution in [3.8, 4) is 11.5 Å². The minimum atomic E-state index is -0.963. The van der Waals surface area contributed by atoms with Crippen LogP contribution in [0, 0.1) is 13.8 Å². The van der Waals surface area contributed by atoms with Crippen LogP contribution >= 0.6 is 11.3 Å². The van der Waals surface area contributed by atoms with Gasteiger partial charge in [-0.3, -0.25) is 0 Å². The molecule has 0 aliphatic rings. The highest BCUT2D eigenvalue weighted by Crippen LogP contribution is 2.27. The van der Waals surface area contributed by atoms with Crippen molar-refractivity contribution in [3.63, 3.8) is 0 Å². The SMILES string of the molecule is Cc1cc(C)cc(OCCOc2ccccc2/C=C(\C(=O)O)c2cccs2)c1. The van der Waals surface area contributed by atoms with E-state index in [1.165, 1.54) is 11.3 Å². The average Bonchev–Trinajstić information content (AvgIpc) is 3.17. The van der Waals surface area contributed by atoms with Crippen LogP contribution in [0.3, 0.4) is 0 Å². The predicted molar refractivity (Wildman–Crippen MR) is 113 cm³/mol. The summed E-state index contributed by atoms with van der Waals surface area (Å²) in [6.07, 6.45) is 1.65. The molecule has 5 heteroatoms. The highest BCUT2D eigenvalue weighted by atomic mass is 32.1. The van der Waals surface area contributed by atoms with Gasteiger partial charge in [0, 0.05) is 10.4 Å². The molecule has 0 atom stereocenters. The Morgan fingerprint density at radius 1 is 1.00 bits per heavy atom. The normalized spacial score (nSPS) is 11.3. The van der Waals surface area contributed by atoms with E-state index in [1.807, 2.05) is 61.7 Å². The molecule has 3 rings (SSSR count). The van der Waals surface area contributed by atoms with Crippen molar-refractivity contribution < 1.29 is 19.4 Å². The molecule has 0 aliphatic carbocycles. The van der Waals surface area contributed by atoms with Crippen LogP contribution in [-0.4, -0.2) is 24.3 Å². The molecule has 0 aliphatic heterocycles. The van der Waals surface area contributed by atoms with Gasteiger partial charge in [-0.05, 0) is 60.7 Å². The van der Waals surface area contributed by atoms with E-state index in [4.69, 9.17) is 9.47 Å². The van der Waals surface area contributed by atoms with Crippen LogP contribution in [-0.2, 0) is 4.79 Å². The fourth-order valence-electron chi connectivity index (χ4n) is 2.88. The van der Waals surface area contributed by atoms with Crippen molar-refractivity contribution >= 4 is 29.0 Å². The fraction of sp³-hybridized carbons (Fsp3) is 0.174. The van der Waals surface area contributed by atoms with Gasteiger partial charge in [0.2, 0.25) is 0 Å². The van der Waals surface area contributed by atoms with Gasteiger partial charge in [0.15, 0.2) is 0 Å². The van der Waals surface area contributed by atoms with Crippen molar-refractivity contribution in [2.75, 3.05) is 13.2 Å². The zero-order valence-electron chi connectivity index (χ0n) is 15.8. The molecule has 0 bridgehead atoms. The predicted octanol–water partition coefficient (Wildman–Crippen LogP) is 5.45. The van der Waals surface area contributed by atoms with Crippen molar-refractivity contribution in [1.82, 2.24) is 0 Å². The molecule has 28 heavy (non-hydrogen) atoms. The number of thiophene rings is 1. The summed E-state index contributed by atoms with van der Waals surface area (Å²) in [4.78, 5) is 12.4. The summed E-state index contributed by atoms with van der Waals surface area (Å²) in [6, 6.07) is 17.1. The minimum absolute atomic E-state index is 0.248. The van der Waals surface area contributed by atoms with Crippen LogP contribution in [0.2, 0.25) is 0 Å². The van der Waals surface area contributed by atoms with Gasteiger partial charge in [0.05, 0.1) is 5.57 Å². The number of aryl methyl sites for hydroxylation is 2. The first kappa shape index (κ1) is 19.7. The monoisotopic (exact) mass is 394 g/mol. The summed E-state index contributed by atoms with van der Waals surface area (Å²) in [5.41, 5.74) is 3.28. The summed E-state index contributed by atoms with van der Waals surface area (Å²) < 4.78 is 11.6. The van der Waals surface area contributed by atoms with Gasteiger partial charge in [0.25, 0.3) is 0 Å². The third-order valence-corrected chi connectivity index (χ3v) is 4.94. The minimum Gasteiger partial charge on any atom is -0.490 e. The maximum atomic E-state index is 11.7. The second-order valence-electron chi connectivity index (χ2n) is 6.40. The fourth-order valence-corrected chi connectivity index (χ4v) is 3.62. The van der Waals surface area contributed by atoms with Crippen molar-refractivity contribution in [2.45, 2.75) is 13.8 Å². The number of hydrogen-bond acceptors (Lipinski definition) is 4. The Labute approximate surface area is 168 Å². The van der Waals surface area contributed by atoms with E-state index in [-0.39, 0.29) is 5.57 Å². The first-order valence-electron chi connectivity index (χ1n) is 8.95. The molecular weight excluding hydrogens is 372 g/mol. The first-order chi connectivity index (χ1) is 13.5. The highest BCUT2D eigenvalue weighted by Gasteiger charge is 2.13. The molecule has 1 N–H and O–H groups in total. The number of hydrogen-bond donors (Lipinski definition) is 1. The van der Waals surface area contributed by atoms with Gasteiger partial charge in [-0.2, -0.15) is 0 Å². The smallest absolute Gasteiger partial charge is 0.337 e. The Hall–Kier alpha value is -3.05. The third kappa shape index (κ3) is 5.24. The molecule has 144 valence electrons. The van der Waals surface area contributed by atoms with E-state index in [2.05, 4.69) is 6.07 Å². The first-order valence-corrected chi connectivity index (χ1v) is 9.82. The average molecular weight is 394 g/mol. The molecular formula is C23H22O4S. The number of benzene rings is 2. The Morgan fingerprint density at radius 2 is 1.71 bits per heavy atom. The van der Waals surface area contributed by atoms with Gasteiger partial charge in [-0.25, -0.2) is 4.79 Å².